The third-order valence-corrected chi connectivity index (χ3v) is 3.77. The highest BCUT2D eigenvalue weighted by Crippen LogP contribution is 2.26. The number of ether oxygens (including phenoxy) is 1. The van der Waals surface area contributed by atoms with Crippen molar-refractivity contribution in [2.75, 3.05) is 0 Å². The van der Waals surface area contributed by atoms with Gasteiger partial charge in [0.25, 0.3) is 0 Å². The summed E-state index contributed by atoms with van der Waals surface area (Å²) in [6.07, 6.45) is 4.41. The van der Waals surface area contributed by atoms with E-state index >= 15 is 0 Å². The highest BCUT2D eigenvalue weighted by Gasteiger charge is 2.34. The smallest absolute Gasteiger partial charge is 0.387 e. The fourth-order valence-corrected chi connectivity index (χ4v) is 2.60. The van der Waals surface area contributed by atoms with Crippen LogP contribution < -0.4 is 15.8 Å². The van der Waals surface area contributed by atoms with Crippen molar-refractivity contribution >= 4 is 5.91 Å². The van der Waals surface area contributed by atoms with E-state index in [0.717, 1.165) is 19.3 Å². The Kier molecular flexibility index (Phi) is 5.12. The summed E-state index contributed by atoms with van der Waals surface area (Å²) < 4.78 is 28.6. The monoisotopic (exact) mass is 298 g/mol. The second-order valence-corrected chi connectivity index (χ2v) is 5.43. The summed E-state index contributed by atoms with van der Waals surface area (Å²) >= 11 is 0. The molecule has 21 heavy (non-hydrogen) atoms. The van der Waals surface area contributed by atoms with Crippen molar-refractivity contribution in [3.63, 3.8) is 0 Å². The number of carbonyl (C=O) groups is 1. The van der Waals surface area contributed by atoms with E-state index in [0.29, 0.717) is 18.4 Å². The van der Waals surface area contributed by atoms with Crippen LogP contribution in [0.5, 0.6) is 5.75 Å². The maximum atomic E-state index is 12.2. The van der Waals surface area contributed by atoms with Crippen molar-refractivity contribution in [1.29, 1.82) is 0 Å². The number of hydrogen-bond donors (Lipinski definition) is 2. The van der Waals surface area contributed by atoms with Crippen LogP contribution in [-0.4, -0.2) is 18.1 Å². The summed E-state index contributed by atoms with van der Waals surface area (Å²) in [6.45, 7) is -2.61. The number of nitrogens with one attached hydrogen (secondary N) is 1. The minimum Gasteiger partial charge on any atom is -0.435 e. The molecule has 1 aliphatic rings. The molecule has 2 rings (SSSR count). The number of benzene rings is 1. The largest absolute Gasteiger partial charge is 0.435 e. The molecule has 1 fully saturated rings. The van der Waals surface area contributed by atoms with Gasteiger partial charge in [-0.05, 0) is 30.5 Å². The van der Waals surface area contributed by atoms with Crippen LogP contribution in [0.15, 0.2) is 24.3 Å². The van der Waals surface area contributed by atoms with Gasteiger partial charge in [-0.15, -0.1) is 0 Å². The molecule has 116 valence electrons. The van der Waals surface area contributed by atoms with Crippen LogP contribution in [0.2, 0.25) is 0 Å². The van der Waals surface area contributed by atoms with Crippen LogP contribution in [0, 0.1) is 0 Å². The zero-order valence-corrected chi connectivity index (χ0v) is 11.8. The minimum atomic E-state index is -2.86. The van der Waals surface area contributed by atoms with E-state index in [1.807, 2.05) is 0 Å². The molecule has 0 heterocycles. The van der Waals surface area contributed by atoms with Gasteiger partial charge in [0.05, 0.1) is 5.54 Å². The molecule has 3 N–H and O–H groups in total. The Morgan fingerprint density at radius 1 is 1.33 bits per heavy atom. The second-order valence-electron chi connectivity index (χ2n) is 5.43. The molecule has 1 saturated carbocycles. The summed E-state index contributed by atoms with van der Waals surface area (Å²) in [5.74, 6) is -0.0979. The molecule has 0 radical (unpaired) electrons. The molecule has 0 aromatic heterocycles. The quantitative estimate of drug-likeness (QED) is 0.878. The first-order chi connectivity index (χ1) is 9.99. The van der Waals surface area contributed by atoms with Gasteiger partial charge in [-0.3, -0.25) is 4.79 Å². The first-order valence-electron chi connectivity index (χ1n) is 7.10. The molecule has 0 bridgehead atoms. The molecule has 1 aromatic rings. The van der Waals surface area contributed by atoms with Crippen LogP contribution in [0.3, 0.4) is 0 Å². The van der Waals surface area contributed by atoms with Crippen molar-refractivity contribution in [3.05, 3.63) is 29.8 Å². The average Bonchev–Trinajstić information content (AvgIpc) is 2.45. The summed E-state index contributed by atoms with van der Waals surface area (Å²) in [7, 11) is 0. The Bertz CT molecular complexity index is 488. The predicted molar refractivity (Wildman–Crippen MR) is 74.9 cm³/mol. The number of hydrogen-bond acceptors (Lipinski definition) is 3. The molecule has 0 spiro atoms. The van der Waals surface area contributed by atoms with Crippen LogP contribution in [0.1, 0.15) is 37.7 Å². The molecular formula is C15H20F2N2O2. The molecule has 0 saturated heterocycles. The first kappa shape index (κ1) is 15.7. The second kappa shape index (κ2) is 6.85. The van der Waals surface area contributed by atoms with Crippen LogP contribution in [-0.2, 0) is 11.3 Å². The third kappa shape index (κ3) is 4.39. The molecule has 1 aromatic carbocycles. The number of carbonyl (C=O) groups excluding carboxylic acids is 1. The highest BCUT2D eigenvalue weighted by molar-refractivity contribution is 5.86. The molecule has 1 amide bonds. The summed E-state index contributed by atoms with van der Waals surface area (Å²) in [4.78, 5) is 12.2. The van der Waals surface area contributed by atoms with Crippen molar-refractivity contribution in [1.82, 2.24) is 5.32 Å². The first-order valence-corrected chi connectivity index (χ1v) is 7.10. The Balaban J connectivity index is 1.91. The van der Waals surface area contributed by atoms with E-state index in [1.54, 1.807) is 12.1 Å². The number of halogens is 2. The topological polar surface area (TPSA) is 64.4 Å². The van der Waals surface area contributed by atoms with Crippen LogP contribution in [0.4, 0.5) is 8.78 Å². The van der Waals surface area contributed by atoms with E-state index in [-0.39, 0.29) is 18.2 Å². The van der Waals surface area contributed by atoms with E-state index in [9.17, 15) is 13.6 Å². The Labute approximate surface area is 122 Å². The molecular weight excluding hydrogens is 278 g/mol. The fourth-order valence-electron chi connectivity index (χ4n) is 2.60. The molecule has 0 atom stereocenters. The van der Waals surface area contributed by atoms with E-state index in [1.165, 1.54) is 12.1 Å². The van der Waals surface area contributed by atoms with Crippen molar-refractivity contribution in [2.24, 2.45) is 5.73 Å². The molecule has 1 aliphatic carbocycles. The van der Waals surface area contributed by atoms with Crippen molar-refractivity contribution in [3.8, 4) is 5.75 Å². The fraction of sp³-hybridized carbons (Fsp3) is 0.533. The van der Waals surface area contributed by atoms with Gasteiger partial charge in [-0.25, -0.2) is 0 Å². The molecule has 4 nitrogen and oxygen atoms in total. The van der Waals surface area contributed by atoms with Gasteiger partial charge >= 0.3 is 6.61 Å². The predicted octanol–water partition coefficient (Wildman–Crippen LogP) is 2.57. The van der Waals surface area contributed by atoms with Crippen LogP contribution >= 0.6 is 0 Å². The minimum absolute atomic E-state index is 0.0804. The van der Waals surface area contributed by atoms with Gasteiger partial charge in [-0.1, -0.05) is 31.4 Å². The van der Waals surface area contributed by atoms with Gasteiger partial charge < -0.3 is 15.8 Å². The number of nitrogens with two attached hydrogens (primary N) is 1. The third-order valence-electron chi connectivity index (χ3n) is 3.77. The van der Waals surface area contributed by atoms with E-state index < -0.39 is 12.2 Å². The Morgan fingerprint density at radius 3 is 2.71 bits per heavy atom. The van der Waals surface area contributed by atoms with Gasteiger partial charge in [0.15, 0.2) is 0 Å². The zero-order valence-electron chi connectivity index (χ0n) is 11.8. The number of alkyl halides is 2. The molecule has 0 unspecified atom stereocenters. The van der Waals surface area contributed by atoms with Gasteiger partial charge in [-0.2, -0.15) is 8.78 Å². The highest BCUT2D eigenvalue weighted by atomic mass is 19.3. The lowest BCUT2D eigenvalue weighted by molar-refractivity contribution is -0.127. The Hall–Kier alpha value is -1.69. The van der Waals surface area contributed by atoms with Crippen molar-refractivity contribution < 1.29 is 18.3 Å². The standard InChI is InChI=1S/C15H20F2N2O2/c16-14(17)21-12-6-4-5-11(9-12)10-19-13(20)15(18)7-2-1-3-8-15/h4-6,9,14H,1-3,7-8,10,18H2,(H,19,20). The van der Waals surface area contributed by atoms with Crippen LogP contribution in [0.25, 0.3) is 0 Å². The molecule has 6 heteroatoms. The summed E-state index contributed by atoms with van der Waals surface area (Å²) in [6, 6.07) is 6.28. The zero-order chi connectivity index (χ0) is 15.3. The summed E-state index contributed by atoms with van der Waals surface area (Å²) in [5.41, 5.74) is 6.03. The summed E-state index contributed by atoms with van der Waals surface area (Å²) in [5, 5.41) is 2.78. The SMILES string of the molecule is NC1(C(=O)NCc2cccc(OC(F)F)c2)CCCCC1. The van der Waals surface area contributed by atoms with Gasteiger partial charge in [0, 0.05) is 6.54 Å². The van der Waals surface area contributed by atoms with Gasteiger partial charge in [0.2, 0.25) is 5.91 Å². The lowest BCUT2D eigenvalue weighted by Gasteiger charge is -2.31. The average molecular weight is 298 g/mol. The number of amides is 1. The van der Waals surface area contributed by atoms with Gasteiger partial charge in [0.1, 0.15) is 5.75 Å². The van der Waals surface area contributed by atoms with Crippen molar-refractivity contribution in [2.45, 2.75) is 50.8 Å². The lowest BCUT2D eigenvalue weighted by atomic mass is 9.82. The van der Waals surface area contributed by atoms with E-state index in [4.69, 9.17) is 5.73 Å². The maximum absolute atomic E-state index is 12.2. The van der Waals surface area contributed by atoms with E-state index in [2.05, 4.69) is 10.1 Å². The lowest BCUT2D eigenvalue weighted by Crippen LogP contribution is -2.54. The Morgan fingerprint density at radius 2 is 2.05 bits per heavy atom. The number of rotatable bonds is 5. The maximum Gasteiger partial charge on any atom is 0.387 e. The normalized spacial score (nSPS) is 17.5. The molecule has 0 aliphatic heterocycles.